The molecule has 0 spiro atoms. The fourth-order valence-electron chi connectivity index (χ4n) is 3.75. The van der Waals surface area contributed by atoms with Crippen molar-refractivity contribution in [2.24, 2.45) is 0 Å². The first-order chi connectivity index (χ1) is 16.3. The lowest BCUT2D eigenvalue weighted by atomic mass is 10.1. The molecule has 3 rings (SSSR count). The third-order valence-corrected chi connectivity index (χ3v) is 6.66. The van der Waals surface area contributed by atoms with Crippen molar-refractivity contribution in [3.8, 4) is 5.75 Å². The Bertz CT molecular complexity index is 1100. The molecule has 9 nitrogen and oxygen atoms in total. The summed E-state index contributed by atoms with van der Waals surface area (Å²) < 4.78 is 36.6. The second kappa shape index (κ2) is 11.8. The molecule has 1 atom stereocenters. The number of benzene rings is 2. The standard InChI is InChI=1S/C24H31N3O6S/c1-32-19-9-5-8-18(16-19)27(34(2,30)31)14-6-13-23(28)26-22-12-4-3-11-21(22)24(29)25-17-20-10-7-15-33-20/h3-5,8-9,11-12,16,20H,6-7,10,13-15,17H2,1-2H3,(H,25,29)(H,26,28)/t20-/m0/s1. The fourth-order valence-corrected chi connectivity index (χ4v) is 4.70. The number of methoxy groups -OCH3 is 1. The first-order valence-corrected chi connectivity index (χ1v) is 13.0. The van der Waals surface area contributed by atoms with Crippen LogP contribution < -0.4 is 19.7 Å². The minimum absolute atomic E-state index is 0.0214. The molecule has 1 saturated heterocycles. The molecule has 2 aromatic carbocycles. The summed E-state index contributed by atoms with van der Waals surface area (Å²) in [5, 5.41) is 5.63. The Kier molecular flexibility index (Phi) is 8.89. The highest BCUT2D eigenvalue weighted by Crippen LogP contribution is 2.24. The van der Waals surface area contributed by atoms with Crippen LogP contribution in [0.25, 0.3) is 0 Å². The van der Waals surface area contributed by atoms with E-state index in [4.69, 9.17) is 9.47 Å². The highest BCUT2D eigenvalue weighted by atomic mass is 32.2. The van der Waals surface area contributed by atoms with Gasteiger partial charge in [0.25, 0.3) is 5.91 Å². The van der Waals surface area contributed by atoms with Crippen LogP contribution in [-0.4, -0.2) is 59.4 Å². The van der Waals surface area contributed by atoms with Crippen molar-refractivity contribution in [1.82, 2.24) is 5.32 Å². The van der Waals surface area contributed by atoms with Gasteiger partial charge >= 0.3 is 0 Å². The Hall–Kier alpha value is -3.11. The van der Waals surface area contributed by atoms with Gasteiger partial charge in [-0.05, 0) is 43.5 Å². The molecule has 0 radical (unpaired) electrons. The Morgan fingerprint density at radius 2 is 1.97 bits per heavy atom. The SMILES string of the molecule is COc1cccc(N(CCCC(=O)Nc2ccccc2C(=O)NC[C@@H]2CCCO2)S(C)(=O)=O)c1. The Morgan fingerprint density at radius 1 is 1.18 bits per heavy atom. The van der Waals surface area contributed by atoms with E-state index in [-0.39, 0.29) is 30.9 Å². The molecule has 1 fully saturated rings. The lowest BCUT2D eigenvalue weighted by Gasteiger charge is -2.22. The number of amides is 2. The van der Waals surface area contributed by atoms with Gasteiger partial charge in [0, 0.05) is 32.2 Å². The van der Waals surface area contributed by atoms with E-state index < -0.39 is 10.0 Å². The van der Waals surface area contributed by atoms with Gasteiger partial charge in [-0.2, -0.15) is 0 Å². The number of carbonyl (C=O) groups excluding carboxylic acids is 2. The van der Waals surface area contributed by atoms with E-state index in [0.29, 0.717) is 42.3 Å². The summed E-state index contributed by atoms with van der Waals surface area (Å²) >= 11 is 0. The van der Waals surface area contributed by atoms with Gasteiger partial charge in [-0.25, -0.2) is 8.42 Å². The molecule has 2 aromatic rings. The van der Waals surface area contributed by atoms with Gasteiger partial charge in [-0.15, -0.1) is 0 Å². The maximum absolute atomic E-state index is 12.6. The molecule has 1 aliphatic heterocycles. The van der Waals surface area contributed by atoms with Crippen LogP contribution in [0.4, 0.5) is 11.4 Å². The summed E-state index contributed by atoms with van der Waals surface area (Å²) in [5.74, 6) is -0.0515. The number of carbonyl (C=O) groups is 2. The van der Waals surface area contributed by atoms with Gasteiger partial charge in [0.2, 0.25) is 15.9 Å². The van der Waals surface area contributed by atoms with Crippen molar-refractivity contribution in [1.29, 1.82) is 0 Å². The van der Waals surface area contributed by atoms with Gasteiger partial charge in [0.15, 0.2) is 0 Å². The Morgan fingerprint density at radius 3 is 2.68 bits per heavy atom. The molecule has 34 heavy (non-hydrogen) atoms. The molecule has 1 heterocycles. The number of para-hydroxylation sites is 1. The lowest BCUT2D eigenvalue weighted by Crippen LogP contribution is -2.32. The van der Waals surface area contributed by atoms with E-state index in [9.17, 15) is 18.0 Å². The van der Waals surface area contributed by atoms with Crippen LogP contribution in [0.15, 0.2) is 48.5 Å². The van der Waals surface area contributed by atoms with Gasteiger partial charge < -0.3 is 20.1 Å². The summed E-state index contributed by atoms with van der Waals surface area (Å²) in [7, 11) is -2.04. The molecule has 0 bridgehead atoms. The largest absolute Gasteiger partial charge is 0.497 e. The predicted molar refractivity (Wildman–Crippen MR) is 131 cm³/mol. The van der Waals surface area contributed by atoms with E-state index in [2.05, 4.69) is 10.6 Å². The van der Waals surface area contributed by atoms with Crippen molar-refractivity contribution >= 4 is 33.2 Å². The van der Waals surface area contributed by atoms with Crippen LogP contribution in [0, 0.1) is 0 Å². The van der Waals surface area contributed by atoms with Crippen LogP contribution in [0.2, 0.25) is 0 Å². The summed E-state index contributed by atoms with van der Waals surface area (Å²) in [6, 6.07) is 13.5. The quantitative estimate of drug-likeness (QED) is 0.502. The van der Waals surface area contributed by atoms with Crippen LogP contribution in [0.5, 0.6) is 5.75 Å². The molecule has 0 aromatic heterocycles. The summed E-state index contributed by atoms with van der Waals surface area (Å²) in [6.45, 7) is 1.26. The Balaban J connectivity index is 1.57. The molecule has 2 N–H and O–H groups in total. The molecule has 0 saturated carbocycles. The number of nitrogens with zero attached hydrogens (tertiary/aromatic N) is 1. The first-order valence-electron chi connectivity index (χ1n) is 11.2. The molecule has 0 unspecified atom stereocenters. The van der Waals surface area contributed by atoms with Crippen LogP contribution in [0.1, 0.15) is 36.0 Å². The molecule has 10 heteroatoms. The minimum atomic E-state index is -3.55. The minimum Gasteiger partial charge on any atom is -0.497 e. The fraction of sp³-hybridized carbons (Fsp3) is 0.417. The monoisotopic (exact) mass is 489 g/mol. The molecule has 0 aliphatic carbocycles. The van der Waals surface area contributed by atoms with Crippen molar-refractivity contribution in [2.75, 3.05) is 42.7 Å². The van der Waals surface area contributed by atoms with Crippen molar-refractivity contribution in [2.45, 2.75) is 31.8 Å². The number of rotatable bonds is 11. The normalized spacial score (nSPS) is 15.5. The zero-order valence-electron chi connectivity index (χ0n) is 19.5. The molecular formula is C24H31N3O6S. The number of hydrogen-bond donors (Lipinski definition) is 2. The predicted octanol–water partition coefficient (Wildman–Crippen LogP) is 2.79. The average molecular weight is 490 g/mol. The van der Waals surface area contributed by atoms with Gasteiger partial charge in [-0.1, -0.05) is 18.2 Å². The molecule has 2 amide bonds. The molecule has 184 valence electrons. The highest BCUT2D eigenvalue weighted by molar-refractivity contribution is 7.92. The number of nitrogens with one attached hydrogen (secondary N) is 2. The van der Waals surface area contributed by atoms with E-state index in [1.165, 1.54) is 11.4 Å². The van der Waals surface area contributed by atoms with Crippen molar-refractivity contribution in [3.05, 3.63) is 54.1 Å². The second-order valence-corrected chi connectivity index (χ2v) is 9.99. The van der Waals surface area contributed by atoms with E-state index >= 15 is 0 Å². The number of ether oxygens (including phenoxy) is 2. The van der Waals surface area contributed by atoms with Crippen molar-refractivity contribution < 1.29 is 27.5 Å². The molecular weight excluding hydrogens is 458 g/mol. The second-order valence-electron chi connectivity index (χ2n) is 8.08. The summed E-state index contributed by atoms with van der Waals surface area (Å²) in [6.07, 6.45) is 3.43. The third kappa shape index (κ3) is 7.19. The van der Waals surface area contributed by atoms with Gasteiger partial charge in [0.1, 0.15) is 5.75 Å². The number of sulfonamides is 1. The van der Waals surface area contributed by atoms with E-state index in [1.54, 1.807) is 48.5 Å². The smallest absolute Gasteiger partial charge is 0.253 e. The zero-order valence-corrected chi connectivity index (χ0v) is 20.3. The maximum Gasteiger partial charge on any atom is 0.253 e. The van der Waals surface area contributed by atoms with E-state index in [1.807, 2.05) is 0 Å². The zero-order chi connectivity index (χ0) is 24.6. The lowest BCUT2D eigenvalue weighted by molar-refractivity contribution is -0.116. The van der Waals surface area contributed by atoms with E-state index in [0.717, 1.165) is 19.1 Å². The highest BCUT2D eigenvalue weighted by Gasteiger charge is 2.20. The van der Waals surface area contributed by atoms with Gasteiger partial charge in [0.05, 0.1) is 36.4 Å². The van der Waals surface area contributed by atoms with Gasteiger partial charge in [-0.3, -0.25) is 13.9 Å². The van der Waals surface area contributed by atoms with Crippen molar-refractivity contribution in [3.63, 3.8) is 0 Å². The maximum atomic E-state index is 12.6. The topological polar surface area (TPSA) is 114 Å². The average Bonchev–Trinajstić information content (AvgIpc) is 3.33. The van der Waals surface area contributed by atoms with Crippen LogP contribution in [-0.2, 0) is 19.6 Å². The van der Waals surface area contributed by atoms with Crippen LogP contribution in [0.3, 0.4) is 0 Å². The molecule has 1 aliphatic rings. The number of anilines is 2. The van der Waals surface area contributed by atoms with Crippen LogP contribution >= 0.6 is 0 Å². The number of hydrogen-bond acceptors (Lipinski definition) is 6. The Labute approximate surface area is 200 Å². The first kappa shape index (κ1) is 25.5. The third-order valence-electron chi connectivity index (χ3n) is 5.47. The summed E-state index contributed by atoms with van der Waals surface area (Å²) in [5.41, 5.74) is 1.24. The summed E-state index contributed by atoms with van der Waals surface area (Å²) in [4.78, 5) is 25.2.